The third-order valence-corrected chi connectivity index (χ3v) is 2.28. The van der Waals surface area contributed by atoms with E-state index in [4.69, 9.17) is 9.47 Å². The molecule has 94 valence electrons. The summed E-state index contributed by atoms with van der Waals surface area (Å²) >= 11 is 0. The van der Waals surface area contributed by atoms with Crippen molar-refractivity contribution in [1.82, 2.24) is 15.3 Å². The minimum Gasteiger partial charge on any atom is -0.481 e. The van der Waals surface area contributed by atoms with E-state index in [0.29, 0.717) is 18.3 Å². The zero-order valence-electron chi connectivity index (χ0n) is 10.6. The average Bonchev–Trinajstić information content (AvgIpc) is 2.38. The number of methoxy groups -OCH3 is 2. The normalized spacial score (nSPS) is 10.8. The summed E-state index contributed by atoms with van der Waals surface area (Å²) in [5.41, 5.74) is 0.845. The maximum Gasteiger partial charge on any atom is 0.224 e. The standard InChI is InChI=1S/C12H19N3O2/c1-4-5-6-7-13-8-10-11(16-2)14-9-15-12(10)17-3/h4-5,9,13H,6-8H2,1-3H3/b5-4+. The van der Waals surface area contributed by atoms with E-state index in [1.54, 1.807) is 14.2 Å². The minimum absolute atomic E-state index is 0.551. The fourth-order valence-corrected chi connectivity index (χ4v) is 1.45. The second kappa shape index (κ2) is 7.62. The Morgan fingerprint density at radius 3 is 2.41 bits per heavy atom. The lowest BCUT2D eigenvalue weighted by Crippen LogP contribution is -2.16. The van der Waals surface area contributed by atoms with Crippen LogP contribution in [0.2, 0.25) is 0 Å². The van der Waals surface area contributed by atoms with E-state index in [1.807, 2.05) is 13.0 Å². The molecule has 5 heteroatoms. The number of nitrogens with zero attached hydrogens (tertiary/aromatic N) is 2. The fraction of sp³-hybridized carbons (Fsp3) is 0.500. The van der Waals surface area contributed by atoms with E-state index in [-0.39, 0.29) is 0 Å². The zero-order valence-corrected chi connectivity index (χ0v) is 10.6. The smallest absolute Gasteiger partial charge is 0.224 e. The molecule has 0 aliphatic heterocycles. The van der Waals surface area contributed by atoms with Crippen molar-refractivity contribution in [2.45, 2.75) is 19.9 Å². The van der Waals surface area contributed by atoms with Crippen LogP contribution < -0.4 is 14.8 Å². The molecule has 1 N–H and O–H groups in total. The van der Waals surface area contributed by atoms with Gasteiger partial charge in [0.15, 0.2) is 0 Å². The number of hydrogen-bond donors (Lipinski definition) is 1. The van der Waals surface area contributed by atoms with E-state index >= 15 is 0 Å². The fourth-order valence-electron chi connectivity index (χ4n) is 1.45. The molecule has 0 aliphatic carbocycles. The lowest BCUT2D eigenvalue weighted by Gasteiger charge is -2.11. The molecule has 0 radical (unpaired) electrons. The van der Waals surface area contributed by atoms with Gasteiger partial charge in [0.05, 0.1) is 19.8 Å². The number of hydrogen-bond acceptors (Lipinski definition) is 5. The van der Waals surface area contributed by atoms with Crippen molar-refractivity contribution < 1.29 is 9.47 Å². The summed E-state index contributed by atoms with van der Waals surface area (Å²) < 4.78 is 10.4. The molecule has 0 spiro atoms. The van der Waals surface area contributed by atoms with E-state index < -0.39 is 0 Å². The number of nitrogens with one attached hydrogen (secondary N) is 1. The first-order valence-electron chi connectivity index (χ1n) is 5.57. The molecule has 17 heavy (non-hydrogen) atoms. The second-order valence-corrected chi connectivity index (χ2v) is 3.41. The van der Waals surface area contributed by atoms with E-state index in [1.165, 1.54) is 6.33 Å². The predicted molar refractivity (Wildman–Crippen MR) is 66.3 cm³/mol. The number of ether oxygens (including phenoxy) is 2. The van der Waals surface area contributed by atoms with Gasteiger partial charge in [-0.3, -0.25) is 0 Å². The topological polar surface area (TPSA) is 56.3 Å². The van der Waals surface area contributed by atoms with Gasteiger partial charge in [-0.1, -0.05) is 12.2 Å². The van der Waals surface area contributed by atoms with Crippen LogP contribution in [0.4, 0.5) is 0 Å². The Morgan fingerprint density at radius 2 is 1.88 bits per heavy atom. The van der Waals surface area contributed by atoms with E-state index in [2.05, 4.69) is 21.4 Å². The van der Waals surface area contributed by atoms with Gasteiger partial charge in [-0.15, -0.1) is 0 Å². The molecule has 0 bridgehead atoms. The van der Waals surface area contributed by atoms with Crippen molar-refractivity contribution in [2.75, 3.05) is 20.8 Å². The Balaban J connectivity index is 2.61. The van der Waals surface area contributed by atoms with Crippen molar-refractivity contribution in [1.29, 1.82) is 0 Å². The van der Waals surface area contributed by atoms with Gasteiger partial charge in [0.1, 0.15) is 6.33 Å². The van der Waals surface area contributed by atoms with Crippen molar-refractivity contribution >= 4 is 0 Å². The minimum atomic E-state index is 0.551. The first-order chi connectivity index (χ1) is 8.33. The first kappa shape index (κ1) is 13.4. The Hall–Kier alpha value is -1.62. The molecule has 0 atom stereocenters. The van der Waals surface area contributed by atoms with Crippen LogP contribution in [0.25, 0.3) is 0 Å². The monoisotopic (exact) mass is 237 g/mol. The van der Waals surface area contributed by atoms with Crippen molar-refractivity contribution in [3.63, 3.8) is 0 Å². The molecule has 1 heterocycles. The zero-order chi connectivity index (χ0) is 12.5. The maximum absolute atomic E-state index is 5.18. The molecule has 0 saturated heterocycles. The second-order valence-electron chi connectivity index (χ2n) is 3.41. The highest BCUT2D eigenvalue weighted by molar-refractivity contribution is 5.34. The lowest BCUT2D eigenvalue weighted by atomic mass is 10.3. The Labute approximate surface area is 102 Å². The van der Waals surface area contributed by atoms with Gasteiger partial charge in [0, 0.05) is 6.54 Å². The average molecular weight is 237 g/mol. The van der Waals surface area contributed by atoms with Crippen LogP contribution in [0, 0.1) is 0 Å². The van der Waals surface area contributed by atoms with Crippen LogP contribution in [-0.4, -0.2) is 30.7 Å². The summed E-state index contributed by atoms with van der Waals surface area (Å²) in [5.74, 6) is 1.10. The summed E-state index contributed by atoms with van der Waals surface area (Å²) in [4.78, 5) is 8.11. The SMILES string of the molecule is C/C=C/CCNCc1c(OC)ncnc1OC. The Bertz CT molecular complexity index is 345. The highest BCUT2D eigenvalue weighted by atomic mass is 16.5. The van der Waals surface area contributed by atoms with Crippen LogP contribution in [0.15, 0.2) is 18.5 Å². The first-order valence-corrected chi connectivity index (χ1v) is 5.57. The van der Waals surface area contributed by atoms with E-state index in [9.17, 15) is 0 Å². The van der Waals surface area contributed by atoms with Gasteiger partial charge in [0.25, 0.3) is 0 Å². The molecule has 1 rings (SSSR count). The van der Waals surface area contributed by atoms with Gasteiger partial charge in [0.2, 0.25) is 11.8 Å². The quantitative estimate of drug-likeness (QED) is 0.576. The third kappa shape index (κ3) is 4.03. The van der Waals surface area contributed by atoms with Crippen LogP contribution in [0.5, 0.6) is 11.8 Å². The molecule has 0 unspecified atom stereocenters. The number of aromatic nitrogens is 2. The molecular formula is C12H19N3O2. The molecule has 5 nitrogen and oxygen atoms in total. The number of rotatable bonds is 7. The molecule has 1 aromatic heterocycles. The van der Waals surface area contributed by atoms with Gasteiger partial charge >= 0.3 is 0 Å². The molecule has 1 aromatic rings. The molecule has 0 aliphatic rings. The van der Waals surface area contributed by atoms with Crippen LogP contribution in [0.1, 0.15) is 18.9 Å². The molecule has 0 saturated carbocycles. The van der Waals surface area contributed by atoms with Crippen molar-refractivity contribution in [3.05, 3.63) is 24.0 Å². The Kier molecular flexibility index (Phi) is 6.03. The highest BCUT2D eigenvalue weighted by Gasteiger charge is 2.11. The maximum atomic E-state index is 5.18. The summed E-state index contributed by atoms with van der Waals surface area (Å²) in [6, 6.07) is 0. The van der Waals surface area contributed by atoms with Gasteiger partial charge < -0.3 is 14.8 Å². The van der Waals surface area contributed by atoms with Gasteiger partial charge in [-0.2, -0.15) is 0 Å². The lowest BCUT2D eigenvalue weighted by molar-refractivity contribution is 0.359. The predicted octanol–water partition coefficient (Wildman–Crippen LogP) is 1.55. The van der Waals surface area contributed by atoms with Crippen molar-refractivity contribution in [3.8, 4) is 11.8 Å². The molecule has 0 fully saturated rings. The summed E-state index contributed by atoms with van der Waals surface area (Å²) in [5, 5.41) is 3.29. The van der Waals surface area contributed by atoms with Gasteiger partial charge in [-0.05, 0) is 19.9 Å². The Morgan fingerprint density at radius 1 is 1.24 bits per heavy atom. The van der Waals surface area contributed by atoms with Crippen molar-refractivity contribution in [2.24, 2.45) is 0 Å². The summed E-state index contributed by atoms with van der Waals surface area (Å²) in [6.07, 6.45) is 6.58. The largest absolute Gasteiger partial charge is 0.481 e. The number of allylic oxidation sites excluding steroid dienone is 1. The summed E-state index contributed by atoms with van der Waals surface area (Å²) in [7, 11) is 3.18. The summed E-state index contributed by atoms with van der Waals surface area (Å²) in [6.45, 7) is 3.54. The van der Waals surface area contributed by atoms with Crippen LogP contribution in [-0.2, 0) is 6.54 Å². The molecule has 0 amide bonds. The molecular weight excluding hydrogens is 218 g/mol. The van der Waals surface area contributed by atoms with Gasteiger partial charge in [-0.25, -0.2) is 9.97 Å². The molecule has 0 aromatic carbocycles. The highest BCUT2D eigenvalue weighted by Crippen LogP contribution is 2.22. The van der Waals surface area contributed by atoms with Crippen LogP contribution in [0.3, 0.4) is 0 Å². The van der Waals surface area contributed by atoms with E-state index in [0.717, 1.165) is 18.5 Å². The van der Waals surface area contributed by atoms with Crippen LogP contribution >= 0.6 is 0 Å². The third-order valence-electron chi connectivity index (χ3n) is 2.28.